The molecule has 1 N–H and O–H groups in total. The zero-order chi connectivity index (χ0) is 23.0. The molecule has 0 unspecified atom stereocenters. The van der Waals surface area contributed by atoms with Gasteiger partial charge in [0.15, 0.2) is 0 Å². The second-order valence-electron chi connectivity index (χ2n) is 6.03. The van der Waals surface area contributed by atoms with E-state index in [1.807, 2.05) is 58.0 Å². The van der Waals surface area contributed by atoms with Crippen LogP contribution in [0.2, 0.25) is 10.6 Å². The Balaban J connectivity index is 0.00000166. The van der Waals surface area contributed by atoms with Crippen molar-refractivity contribution >= 4 is 78.5 Å². The molecule has 0 aliphatic rings. The Morgan fingerprint density at radius 1 is 1.00 bits per heavy atom. The second kappa shape index (κ2) is 11.6. The average Bonchev–Trinajstić information content (AvgIpc) is 2.76. The number of hydrogen-bond donors (Lipinski definition) is 1. The van der Waals surface area contributed by atoms with Crippen LogP contribution < -0.4 is 10.8 Å². The summed E-state index contributed by atoms with van der Waals surface area (Å²) in [6.07, 6.45) is 0. The van der Waals surface area contributed by atoms with Gasteiger partial charge in [0.05, 0.1) is 0 Å². The first-order valence-corrected chi connectivity index (χ1v) is 10.4. The van der Waals surface area contributed by atoms with Crippen LogP contribution in [0.1, 0.15) is 30.5 Å². The Morgan fingerprint density at radius 2 is 1.61 bits per heavy atom. The molecule has 0 bridgehead atoms. The summed E-state index contributed by atoms with van der Waals surface area (Å²) in [5.74, 6) is 1.69. The second-order valence-corrected chi connectivity index (χ2v) is 6.71. The Morgan fingerprint density at radius 3 is 2.16 bits per heavy atom. The van der Waals surface area contributed by atoms with E-state index in [2.05, 4.69) is 37.0 Å². The molecule has 6 nitrogen and oxygen atoms in total. The number of rotatable bonds is 6. The molecular weight excluding hydrogens is 429 g/mol. The molecule has 31 heavy (non-hydrogen) atoms. The number of benzene rings is 2. The van der Waals surface area contributed by atoms with E-state index in [0.29, 0.717) is 11.4 Å². The Bertz CT molecular complexity index is 1100. The monoisotopic (exact) mass is 449 g/mol. The summed E-state index contributed by atoms with van der Waals surface area (Å²) in [6.45, 7) is 13.5. The zero-order valence-corrected chi connectivity index (χ0v) is 19.3. The molecule has 3 rings (SSSR count). The van der Waals surface area contributed by atoms with Gasteiger partial charge < -0.3 is 0 Å². The fourth-order valence-electron chi connectivity index (χ4n) is 2.88. The van der Waals surface area contributed by atoms with Gasteiger partial charge in [0.1, 0.15) is 0 Å². The molecular formula is C21H21B2Cl2N6. The van der Waals surface area contributed by atoms with Gasteiger partial charge in [-0.2, -0.15) is 0 Å². The third kappa shape index (κ3) is 5.93. The minimum absolute atomic E-state index is 0.0163. The molecule has 155 valence electrons. The Labute approximate surface area is 194 Å². The van der Waals surface area contributed by atoms with Crippen molar-refractivity contribution in [3.63, 3.8) is 0 Å². The van der Waals surface area contributed by atoms with E-state index in [9.17, 15) is 0 Å². The number of halogens is 2. The molecule has 0 aliphatic carbocycles. The molecule has 3 aromatic rings. The van der Waals surface area contributed by atoms with Gasteiger partial charge in [-0.3, -0.25) is 0 Å². The summed E-state index contributed by atoms with van der Waals surface area (Å²) >= 11 is 11.8. The van der Waals surface area contributed by atoms with Gasteiger partial charge in [0.25, 0.3) is 0 Å². The van der Waals surface area contributed by atoms with Crippen LogP contribution in [0.3, 0.4) is 0 Å². The number of nitrogens with zero attached hydrogens (tertiary/aromatic N) is 5. The van der Waals surface area contributed by atoms with Crippen molar-refractivity contribution in [3.05, 3.63) is 57.6 Å². The summed E-state index contributed by atoms with van der Waals surface area (Å²) < 4.78 is 0. The number of anilines is 2. The molecule has 1 radical (unpaired) electrons. The maximum atomic E-state index is 5.93. The van der Waals surface area contributed by atoms with Gasteiger partial charge in [-0.05, 0) is 0 Å². The average molecular weight is 450 g/mol. The molecule has 1 aromatic heterocycles. The van der Waals surface area contributed by atoms with Gasteiger partial charge in [0.2, 0.25) is 0 Å². The summed E-state index contributed by atoms with van der Waals surface area (Å²) in [7, 11) is 5.93. The van der Waals surface area contributed by atoms with Crippen LogP contribution in [0.25, 0.3) is 0 Å². The van der Waals surface area contributed by atoms with E-state index >= 15 is 0 Å². The topological polar surface area (TPSA) is 75.4 Å². The molecule has 0 saturated carbocycles. The summed E-state index contributed by atoms with van der Waals surface area (Å²) in [5.41, 5.74) is 5.31. The van der Waals surface area contributed by atoms with Gasteiger partial charge >= 0.3 is 180 Å². The van der Waals surface area contributed by atoms with Crippen molar-refractivity contribution < 1.29 is 0 Å². The fraction of sp³-hybridized carbons (Fsp3) is 0.190. The van der Waals surface area contributed by atoms with Crippen molar-refractivity contribution in [2.24, 2.45) is 10.2 Å². The van der Waals surface area contributed by atoms with Crippen molar-refractivity contribution in [1.82, 2.24) is 15.0 Å². The van der Waals surface area contributed by atoms with E-state index in [1.165, 1.54) is 5.97 Å². The third-order valence-corrected chi connectivity index (χ3v) is 4.61. The first-order chi connectivity index (χ1) is 14.9. The molecule has 1 heterocycles. The van der Waals surface area contributed by atoms with Crippen molar-refractivity contribution in [2.75, 3.05) is 5.32 Å². The molecule has 0 amide bonds. The summed E-state index contributed by atoms with van der Waals surface area (Å²) in [5, 5.41) is 11.9. The van der Waals surface area contributed by atoms with Crippen molar-refractivity contribution in [1.29, 1.82) is 0 Å². The van der Waals surface area contributed by atoms with Crippen LogP contribution in [0.15, 0.2) is 40.6 Å². The van der Waals surface area contributed by atoms with Crippen molar-refractivity contribution in [2.45, 2.75) is 27.7 Å². The van der Waals surface area contributed by atoms with Crippen LogP contribution in [-0.4, -0.2) is 41.8 Å². The molecule has 2 aromatic carbocycles. The molecule has 10 heteroatoms. The molecule has 0 spiro atoms. The first-order valence-electron chi connectivity index (χ1n) is 9.60. The van der Waals surface area contributed by atoms with Crippen LogP contribution in [0.5, 0.6) is 0 Å². The summed E-state index contributed by atoms with van der Waals surface area (Å²) in [4.78, 5) is 11.9. The molecule has 0 aliphatic heterocycles. The SMILES string of the molecule is CC.[B]=Cc1c(C)c(N=Nc2ccccc2)c(B=C)c(C)c1Nc1nc(Cl)nc(Cl)n1. The third-order valence-electron chi connectivity index (χ3n) is 4.27. The van der Waals surface area contributed by atoms with Gasteiger partial charge in [-0.15, -0.1) is 0 Å². The van der Waals surface area contributed by atoms with Gasteiger partial charge in [0, 0.05) is 0 Å². The van der Waals surface area contributed by atoms with Crippen LogP contribution in [0, 0.1) is 13.8 Å². The molecule has 0 atom stereocenters. The predicted octanol–water partition coefficient (Wildman–Crippen LogP) is 5.06. The van der Waals surface area contributed by atoms with Crippen molar-refractivity contribution in [3.8, 4) is 0 Å². The number of hydrogen-bond acceptors (Lipinski definition) is 6. The number of aromatic nitrogens is 3. The quantitative estimate of drug-likeness (QED) is 0.421. The number of nitrogens with one attached hydrogen (secondary N) is 1. The molecule has 0 fully saturated rings. The van der Waals surface area contributed by atoms with E-state index in [0.717, 1.165) is 27.8 Å². The van der Waals surface area contributed by atoms with Crippen LogP contribution >= 0.6 is 23.2 Å². The Kier molecular flexibility index (Phi) is 9.21. The van der Waals surface area contributed by atoms with E-state index in [1.54, 1.807) is 6.92 Å². The minimum atomic E-state index is -0.0163. The van der Waals surface area contributed by atoms with Crippen LogP contribution in [-0.2, 0) is 0 Å². The molecule has 0 saturated heterocycles. The van der Waals surface area contributed by atoms with Gasteiger partial charge in [-0.25, -0.2) is 0 Å². The zero-order valence-electron chi connectivity index (χ0n) is 17.8. The van der Waals surface area contributed by atoms with E-state index in [-0.39, 0.29) is 16.5 Å². The standard InChI is InChI=1S/C19H15B2Cl2N6.C2H6/c1-10-13(9-20)15(24-19-26-17(22)25-18(23)27-19)11(2)14(21-3)16(10)29-28-12-7-5-4-6-8-12;1-2/h4-9H,3H2,1-2H3,(H,24,25,26,27);1-2H3. The Hall–Kier alpha value is -2.70. The maximum absolute atomic E-state index is 5.93. The number of azo groups is 1. The predicted molar refractivity (Wildman–Crippen MR) is 134 cm³/mol. The normalized spacial score (nSPS) is 10.2. The fourth-order valence-corrected chi connectivity index (χ4v) is 3.24. The van der Waals surface area contributed by atoms with Crippen LogP contribution in [0.4, 0.5) is 23.0 Å². The van der Waals surface area contributed by atoms with E-state index in [4.69, 9.17) is 30.7 Å². The summed E-state index contributed by atoms with van der Waals surface area (Å²) in [6, 6.07) is 9.47. The first kappa shape index (κ1) is 24.6. The van der Waals surface area contributed by atoms with E-state index < -0.39 is 0 Å². The van der Waals surface area contributed by atoms with Gasteiger partial charge in [-0.1, -0.05) is 13.8 Å².